The largest absolute Gasteiger partial charge is 0.331 e. The van der Waals surface area contributed by atoms with Gasteiger partial charge in [0, 0.05) is 0 Å². The van der Waals surface area contributed by atoms with Crippen LogP contribution >= 0.6 is 0 Å². The summed E-state index contributed by atoms with van der Waals surface area (Å²) in [6.45, 7) is 4.26. The standard InChI is InChI=1S/C21H19N2/c1-14-8-9-15(2)18(12-14)21-22-20-11-10-16-6-4-5-7-17(16)19(20)13-23(21)3/h4-13H,1-3H3/q+1. The highest BCUT2D eigenvalue weighted by molar-refractivity contribution is 6.05. The fourth-order valence-corrected chi connectivity index (χ4v) is 3.19. The van der Waals surface area contributed by atoms with Crippen LogP contribution in [0.2, 0.25) is 0 Å². The molecule has 4 rings (SSSR count). The van der Waals surface area contributed by atoms with Crippen molar-refractivity contribution in [3.63, 3.8) is 0 Å². The van der Waals surface area contributed by atoms with Crippen LogP contribution in [0.15, 0.2) is 60.8 Å². The lowest BCUT2D eigenvalue weighted by Gasteiger charge is -2.06. The maximum Gasteiger partial charge on any atom is 0.331 e. The first-order valence-electron chi connectivity index (χ1n) is 7.89. The molecule has 2 heteroatoms. The van der Waals surface area contributed by atoms with Crippen molar-refractivity contribution in [2.45, 2.75) is 13.8 Å². The summed E-state index contributed by atoms with van der Waals surface area (Å²) in [5, 5.41) is 3.70. The number of hydrogen-bond donors (Lipinski definition) is 0. The smallest absolute Gasteiger partial charge is 0.232 e. The molecule has 3 aromatic carbocycles. The number of nitrogens with zero attached hydrogens (tertiary/aromatic N) is 2. The molecule has 23 heavy (non-hydrogen) atoms. The molecule has 4 aromatic rings. The predicted molar refractivity (Wildman–Crippen MR) is 95.3 cm³/mol. The van der Waals surface area contributed by atoms with Crippen molar-refractivity contribution >= 4 is 21.7 Å². The summed E-state index contributed by atoms with van der Waals surface area (Å²) in [6, 6.07) is 19.3. The Morgan fingerprint density at radius 3 is 2.57 bits per heavy atom. The summed E-state index contributed by atoms with van der Waals surface area (Å²) in [6.07, 6.45) is 2.20. The predicted octanol–water partition coefficient (Wildman–Crippen LogP) is 4.50. The first kappa shape index (κ1) is 13.9. The highest BCUT2D eigenvalue weighted by Gasteiger charge is 2.18. The van der Waals surface area contributed by atoms with Gasteiger partial charge in [-0.25, -0.2) is 4.57 Å². The Hall–Kier alpha value is -2.74. The molecule has 0 unspecified atom stereocenters. The molecule has 0 fully saturated rings. The van der Waals surface area contributed by atoms with E-state index in [0.717, 1.165) is 11.3 Å². The van der Waals surface area contributed by atoms with Crippen molar-refractivity contribution in [2.75, 3.05) is 0 Å². The number of hydrogen-bond acceptors (Lipinski definition) is 1. The molecule has 0 aliphatic carbocycles. The van der Waals surface area contributed by atoms with Gasteiger partial charge in [-0.1, -0.05) is 42.0 Å². The third-order valence-corrected chi connectivity index (χ3v) is 4.46. The van der Waals surface area contributed by atoms with Gasteiger partial charge >= 0.3 is 5.82 Å². The molecule has 0 atom stereocenters. The number of aryl methyl sites for hydroxylation is 3. The Morgan fingerprint density at radius 1 is 0.870 bits per heavy atom. The lowest BCUT2D eigenvalue weighted by molar-refractivity contribution is -0.661. The van der Waals surface area contributed by atoms with E-state index in [0.29, 0.717) is 0 Å². The second-order valence-electron chi connectivity index (χ2n) is 6.21. The third-order valence-electron chi connectivity index (χ3n) is 4.46. The van der Waals surface area contributed by atoms with E-state index in [2.05, 4.69) is 86.3 Å². The zero-order chi connectivity index (χ0) is 16.0. The SMILES string of the molecule is Cc1ccc(C)c(-c2nc3ccc4ccccc4c3c[n+]2C)c1. The lowest BCUT2D eigenvalue weighted by atomic mass is 10.0. The van der Waals surface area contributed by atoms with Crippen LogP contribution in [0, 0.1) is 13.8 Å². The molecule has 1 aromatic heterocycles. The molecule has 0 saturated heterocycles. The van der Waals surface area contributed by atoms with Crippen LogP contribution in [0.3, 0.4) is 0 Å². The van der Waals surface area contributed by atoms with E-state index in [1.54, 1.807) is 0 Å². The number of fused-ring (bicyclic) bond motifs is 3. The summed E-state index contributed by atoms with van der Waals surface area (Å²) >= 11 is 0. The van der Waals surface area contributed by atoms with E-state index < -0.39 is 0 Å². The van der Waals surface area contributed by atoms with Crippen LogP contribution in [-0.4, -0.2) is 4.98 Å². The molecule has 0 saturated carbocycles. The first-order valence-corrected chi connectivity index (χ1v) is 7.89. The average Bonchev–Trinajstić information content (AvgIpc) is 2.56. The molecule has 0 spiro atoms. The van der Waals surface area contributed by atoms with Gasteiger partial charge in [-0.2, -0.15) is 0 Å². The Morgan fingerprint density at radius 2 is 1.70 bits per heavy atom. The van der Waals surface area contributed by atoms with Gasteiger partial charge in [0.05, 0.1) is 18.0 Å². The zero-order valence-corrected chi connectivity index (χ0v) is 13.7. The Bertz CT molecular complexity index is 1050. The second kappa shape index (κ2) is 5.17. The van der Waals surface area contributed by atoms with Gasteiger partial charge in [0.1, 0.15) is 6.20 Å². The van der Waals surface area contributed by atoms with Crippen LogP contribution in [0.25, 0.3) is 33.1 Å². The fourth-order valence-electron chi connectivity index (χ4n) is 3.19. The molecule has 0 aliphatic heterocycles. The minimum atomic E-state index is 1.01. The lowest BCUT2D eigenvalue weighted by Crippen LogP contribution is -2.32. The Kier molecular flexibility index (Phi) is 3.12. The topological polar surface area (TPSA) is 16.8 Å². The second-order valence-corrected chi connectivity index (χ2v) is 6.21. The maximum absolute atomic E-state index is 4.96. The van der Waals surface area contributed by atoms with Crippen LogP contribution in [-0.2, 0) is 7.05 Å². The van der Waals surface area contributed by atoms with Gasteiger partial charge < -0.3 is 0 Å². The zero-order valence-electron chi connectivity index (χ0n) is 13.7. The fraction of sp³-hybridized carbons (Fsp3) is 0.143. The molecular formula is C21H19N2+. The van der Waals surface area contributed by atoms with Crippen molar-refractivity contribution < 1.29 is 4.57 Å². The Labute approximate surface area is 136 Å². The van der Waals surface area contributed by atoms with Gasteiger partial charge in [-0.05, 0) is 53.4 Å². The first-order chi connectivity index (χ1) is 11.1. The van der Waals surface area contributed by atoms with Crippen molar-refractivity contribution in [3.05, 3.63) is 71.9 Å². The van der Waals surface area contributed by atoms with Crippen LogP contribution in [0.1, 0.15) is 11.1 Å². The molecule has 112 valence electrons. The van der Waals surface area contributed by atoms with Crippen molar-refractivity contribution in [1.29, 1.82) is 0 Å². The molecular weight excluding hydrogens is 280 g/mol. The molecule has 0 aliphatic rings. The maximum atomic E-state index is 4.96. The van der Waals surface area contributed by atoms with E-state index >= 15 is 0 Å². The molecule has 0 bridgehead atoms. The van der Waals surface area contributed by atoms with Crippen LogP contribution in [0.5, 0.6) is 0 Å². The van der Waals surface area contributed by atoms with E-state index in [9.17, 15) is 0 Å². The van der Waals surface area contributed by atoms with E-state index in [1.165, 1.54) is 32.8 Å². The normalized spacial score (nSPS) is 11.3. The van der Waals surface area contributed by atoms with Gasteiger partial charge in [0.15, 0.2) is 5.52 Å². The quantitative estimate of drug-likeness (QED) is 0.373. The highest BCUT2D eigenvalue weighted by Crippen LogP contribution is 2.26. The van der Waals surface area contributed by atoms with Crippen molar-refractivity contribution in [2.24, 2.45) is 7.05 Å². The summed E-state index contributed by atoms with van der Waals surface area (Å²) < 4.78 is 2.14. The molecule has 0 amide bonds. The van der Waals surface area contributed by atoms with E-state index in [1.807, 2.05) is 0 Å². The van der Waals surface area contributed by atoms with Crippen molar-refractivity contribution in [1.82, 2.24) is 4.98 Å². The molecule has 0 radical (unpaired) electrons. The third kappa shape index (κ3) is 2.27. The minimum absolute atomic E-state index is 1.01. The van der Waals surface area contributed by atoms with Gasteiger partial charge in [-0.15, -0.1) is 0 Å². The molecule has 2 nitrogen and oxygen atoms in total. The van der Waals surface area contributed by atoms with E-state index in [4.69, 9.17) is 4.98 Å². The molecule has 0 N–H and O–H groups in total. The summed E-state index contributed by atoms with van der Waals surface area (Å²) in [5.74, 6) is 1.01. The minimum Gasteiger partial charge on any atom is -0.232 e. The number of benzene rings is 3. The van der Waals surface area contributed by atoms with Gasteiger partial charge in [0.25, 0.3) is 0 Å². The monoisotopic (exact) mass is 299 g/mol. The highest BCUT2D eigenvalue weighted by atomic mass is 15.0. The average molecular weight is 299 g/mol. The summed E-state index contributed by atoms with van der Waals surface area (Å²) in [7, 11) is 2.07. The van der Waals surface area contributed by atoms with E-state index in [-0.39, 0.29) is 0 Å². The van der Waals surface area contributed by atoms with Gasteiger partial charge in [0.2, 0.25) is 0 Å². The summed E-state index contributed by atoms with van der Waals surface area (Å²) in [4.78, 5) is 4.96. The van der Waals surface area contributed by atoms with Crippen molar-refractivity contribution in [3.8, 4) is 11.4 Å². The summed E-state index contributed by atoms with van der Waals surface area (Å²) in [5.41, 5.74) is 4.74. The Balaban J connectivity index is 2.05. The number of rotatable bonds is 1. The number of aromatic nitrogens is 2. The molecule has 1 heterocycles. The van der Waals surface area contributed by atoms with Crippen LogP contribution < -0.4 is 4.57 Å². The van der Waals surface area contributed by atoms with Crippen LogP contribution in [0.4, 0.5) is 0 Å². The van der Waals surface area contributed by atoms with Gasteiger partial charge in [-0.3, -0.25) is 0 Å².